The molecule has 1 aromatic rings. The van der Waals surface area contributed by atoms with Gasteiger partial charge in [-0.25, -0.2) is 0 Å². The molecule has 2 heterocycles. The summed E-state index contributed by atoms with van der Waals surface area (Å²) in [5.41, 5.74) is 0.675. The first-order chi connectivity index (χ1) is 10.3. The number of carbonyl (C=O) groups excluding carboxylic acids is 1. The number of amides is 1. The van der Waals surface area contributed by atoms with Crippen LogP contribution in [0.15, 0.2) is 0 Å². The fourth-order valence-electron chi connectivity index (χ4n) is 2.50. The maximum Gasteiger partial charge on any atom is 0.234 e. The summed E-state index contributed by atoms with van der Waals surface area (Å²) in [5, 5.41) is 7.08. The lowest BCUT2D eigenvalue weighted by Gasteiger charge is -2.24. The normalized spacial score (nSPS) is 18.2. The molecule has 0 atom stereocenters. The molecule has 0 bridgehead atoms. The molecule has 0 saturated carbocycles. The number of aromatic nitrogens is 2. The Morgan fingerprint density at radius 2 is 1.95 bits per heavy atom. The number of nitrogens with zero attached hydrogens (tertiary/aromatic N) is 4. The highest BCUT2D eigenvalue weighted by atomic mass is 35.5. The molecule has 0 unspecified atom stereocenters. The molecule has 8 heteroatoms. The Balaban J connectivity index is 1.80. The van der Waals surface area contributed by atoms with E-state index in [0.717, 1.165) is 44.8 Å². The Kier molecular flexibility index (Phi) is 6.14. The Morgan fingerprint density at radius 1 is 1.27 bits per heavy atom. The largest absolute Gasteiger partial charge is 0.350 e. The number of hydrogen-bond donors (Lipinski definition) is 1. The first kappa shape index (κ1) is 17.6. The highest BCUT2D eigenvalue weighted by Gasteiger charge is 2.20. The van der Waals surface area contributed by atoms with Crippen LogP contribution in [-0.2, 0) is 11.3 Å². The summed E-state index contributed by atoms with van der Waals surface area (Å²) in [6.45, 7) is 10.9. The fourth-order valence-corrected chi connectivity index (χ4v) is 3.12. The van der Waals surface area contributed by atoms with Crippen LogP contribution in [0.2, 0.25) is 4.34 Å². The van der Waals surface area contributed by atoms with Crippen LogP contribution in [0.1, 0.15) is 32.9 Å². The van der Waals surface area contributed by atoms with Gasteiger partial charge in [-0.05, 0) is 40.3 Å². The molecule has 0 radical (unpaired) electrons. The third-order valence-corrected chi connectivity index (χ3v) is 4.43. The zero-order valence-corrected chi connectivity index (χ0v) is 15.0. The lowest BCUT2D eigenvalue weighted by atomic mass is 10.1. The van der Waals surface area contributed by atoms with E-state index in [-0.39, 0.29) is 11.4 Å². The maximum atomic E-state index is 12.0. The molecule has 1 saturated heterocycles. The lowest BCUT2D eigenvalue weighted by molar-refractivity contribution is -0.123. The highest BCUT2D eigenvalue weighted by molar-refractivity contribution is 7.10. The minimum absolute atomic E-state index is 0.0905. The molecule has 2 rings (SSSR count). The van der Waals surface area contributed by atoms with E-state index >= 15 is 0 Å². The van der Waals surface area contributed by atoms with E-state index in [1.807, 2.05) is 20.8 Å². The molecule has 22 heavy (non-hydrogen) atoms. The molecular weight excluding hydrogens is 322 g/mol. The molecule has 1 aromatic heterocycles. The summed E-state index contributed by atoms with van der Waals surface area (Å²) in [5.74, 6) is 0.0905. The number of nitrogens with one attached hydrogen (secondary N) is 1. The van der Waals surface area contributed by atoms with Gasteiger partial charge in [0.25, 0.3) is 0 Å². The van der Waals surface area contributed by atoms with Gasteiger partial charge in [-0.15, -0.1) is 5.10 Å². The van der Waals surface area contributed by atoms with Crippen LogP contribution in [0.3, 0.4) is 0 Å². The molecule has 1 aliphatic heterocycles. The summed E-state index contributed by atoms with van der Waals surface area (Å²) in [4.78, 5) is 16.6. The number of halogens is 1. The predicted molar refractivity (Wildman–Crippen MR) is 89.1 cm³/mol. The summed E-state index contributed by atoms with van der Waals surface area (Å²) in [6.07, 6.45) is 1.04. The Labute approximate surface area is 141 Å². The van der Waals surface area contributed by atoms with Crippen LogP contribution in [0.4, 0.5) is 0 Å². The Morgan fingerprint density at radius 3 is 2.59 bits per heavy atom. The van der Waals surface area contributed by atoms with Crippen molar-refractivity contribution in [3.05, 3.63) is 10.0 Å². The second-order valence-electron chi connectivity index (χ2n) is 6.70. The fraction of sp³-hybridized carbons (Fsp3) is 0.786. The number of hydrogen-bond acceptors (Lipinski definition) is 6. The maximum absolute atomic E-state index is 12.0. The third kappa shape index (κ3) is 5.79. The summed E-state index contributed by atoms with van der Waals surface area (Å²) in [7, 11) is 0. The summed E-state index contributed by atoms with van der Waals surface area (Å²) < 4.78 is 4.54. The van der Waals surface area contributed by atoms with E-state index in [2.05, 4.69) is 24.7 Å². The topological polar surface area (TPSA) is 61.4 Å². The second kappa shape index (κ2) is 7.68. The van der Waals surface area contributed by atoms with E-state index in [0.29, 0.717) is 10.9 Å². The van der Waals surface area contributed by atoms with Crippen LogP contribution in [-0.4, -0.2) is 63.6 Å². The van der Waals surface area contributed by atoms with Gasteiger partial charge in [0.15, 0.2) is 0 Å². The van der Waals surface area contributed by atoms with Crippen molar-refractivity contribution >= 4 is 29.0 Å². The van der Waals surface area contributed by atoms with Crippen LogP contribution in [0, 0.1) is 0 Å². The van der Waals surface area contributed by atoms with Crippen molar-refractivity contribution < 1.29 is 4.79 Å². The van der Waals surface area contributed by atoms with Gasteiger partial charge < -0.3 is 5.32 Å². The van der Waals surface area contributed by atoms with E-state index in [9.17, 15) is 4.79 Å². The zero-order chi connectivity index (χ0) is 16.2. The minimum atomic E-state index is -0.177. The van der Waals surface area contributed by atoms with Gasteiger partial charge in [-0.2, -0.15) is 0 Å². The highest BCUT2D eigenvalue weighted by Crippen LogP contribution is 2.19. The van der Waals surface area contributed by atoms with Crippen molar-refractivity contribution in [1.29, 1.82) is 0 Å². The van der Waals surface area contributed by atoms with Crippen molar-refractivity contribution in [2.24, 2.45) is 0 Å². The van der Waals surface area contributed by atoms with Gasteiger partial charge >= 0.3 is 0 Å². The molecule has 0 aromatic carbocycles. The molecule has 0 aliphatic carbocycles. The number of rotatable bonds is 4. The van der Waals surface area contributed by atoms with Crippen LogP contribution in [0.5, 0.6) is 0 Å². The molecule has 1 fully saturated rings. The molecule has 6 nitrogen and oxygen atoms in total. The van der Waals surface area contributed by atoms with Gasteiger partial charge in [-0.3, -0.25) is 14.6 Å². The predicted octanol–water partition coefficient (Wildman–Crippen LogP) is 1.61. The Bertz CT molecular complexity index is 502. The zero-order valence-electron chi connectivity index (χ0n) is 13.4. The molecule has 0 spiro atoms. The van der Waals surface area contributed by atoms with E-state index in [1.54, 1.807) is 0 Å². The standard InChI is InChI=1S/C14H24ClN5OS/c1-14(2,3)16-12(21)10-20-6-4-5-19(7-8-20)9-11-13(15)22-18-17-11/h4-10H2,1-3H3,(H,16,21). The molecule has 1 N–H and O–H groups in total. The summed E-state index contributed by atoms with van der Waals surface area (Å²) >= 11 is 7.29. The van der Waals surface area contributed by atoms with Gasteiger partial charge in [0.1, 0.15) is 10.0 Å². The molecule has 124 valence electrons. The van der Waals surface area contributed by atoms with Gasteiger partial charge in [0, 0.05) is 36.7 Å². The molecular formula is C14H24ClN5OS. The number of carbonyl (C=O) groups is 1. The average molecular weight is 346 g/mol. The summed E-state index contributed by atoms with van der Waals surface area (Å²) in [6, 6.07) is 0. The van der Waals surface area contributed by atoms with E-state index in [1.165, 1.54) is 11.5 Å². The van der Waals surface area contributed by atoms with E-state index in [4.69, 9.17) is 11.6 Å². The second-order valence-corrected chi connectivity index (χ2v) is 8.05. The SMILES string of the molecule is CC(C)(C)NC(=O)CN1CCCN(Cc2nnsc2Cl)CC1. The smallest absolute Gasteiger partial charge is 0.234 e. The average Bonchev–Trinajstić information content (AvgIpc) is 2.66. The van der Waals surface area contributed by atoms with Crippen molar-refractivity contribution in [2.75, 3.05) is 32.7 Å². The van der Waals surface area contributed by atoms with E-state index < -0.39 is 0 Å². The first-order valence-electron chi connectivity index (χ1n) is 7.56. The van der Waals surface area contributed by atoms with Crippen molar-refractivity contribution in [3.63, 3.8) is 0 Å². The lowest BCUT2D eigenvalue weighted by Crippen LogP contribution is -2.46. The van der Waals surface area contributed by atoms with Crippen molar-refractivity contribution in [3.8, 4) is 0 Å². The third-order valence-electron chi connectivity index (χ3n) is 3.45. The minimum Gasteiger partial charge on any atom is -0.350 e. The van der Waals surface area contributed by atoms with Gasteiger partial charge in [-0.1, -0.05) is 16.1 Å². The van der Waals surface area contributed by atoms with Crippen LogP contribution < -0.4 is 5.32 Å². The van der Waals surface area contributed by atoms with Crippen molar-refractivity contribution in [2.45, 2.75) is 39.3 Å². The van der Waals surface area contributed by atoms with Crippen molar-refractivity contribution in [1.82, 2.24) is 24.7 Å². The Hall–Kier alpha value is -0.760. The van der Waals surface area contributed by atoms with Gasteiger partial charge in [0.2, 0.25) is 5.91 Å². The quantitative estimate of drug-likeness (QED) is 0.898. The van der Waals surface area contributed by atoms with Crippen LogP contribution in [0.25, 0.3) is 0 Å². The monoisotopic (exact) mass is 345 g/mol. The molecule has 1 aliphatic rings. The van der Waals surface area contributed by atoms with Gasteiger partial charge in [0.05, 0.1) is 6.54 Å². The first-order valence-corrected chi connectivity index (χ1v) is 8.71. The van der Waals surface area contributed by atoms with Crippen LogP contribution >= 0.6 is 23.1 Å². The molecule has 1 amide bonds.